The van der Waals surface area contributed by atoms with Crippen LogP contribution in [0.25, 0.3) is 0 Å². The molecule has 0 aliphatic rings. The first-order valence-corrected chi connectivity index (χ1v) is 7.34. The number of hydrogen-bond acceptors (Lipinski definition) is 6. The van der Waals surface area contributed by atoms with E-state index in [0.29, 0.717) is 29.6 Å². The molecule has 1 heterocycles. The third kappa shape index (κ3) is 3.64. The predicted molar refractivity (Wildman–Crippen MR) is 85.0 cm³/mol. The zero-order chi connectivity index (χ0) is 16.2. The highest BCUT2D eigenvalue weighted by Gasteiger charge is 2.27. The quantitative estimate of drug-likeness (QED) is 0.767. The van der Waals surface area contributed by atoms with Crippen molar-refractivity contribution in [3.8, 4) is 0 Å². The highest BCUT2D eigenvalue weighted by atomic mass is 32.1. The molecule has 0 aliphatic heterocycles. The number of nitrogens with zero attached hydrogens (tertiary/aromatic N) is 2. The number of methoxy groups -OCH3 is 1. The molecule has 8 heteroatoms. The average Bonchev–Trinajstić information content (AvgIpc) is 2.76. The summed E-state index contributed by atoms with van der Waals surface area (Å²) in [4.78, 5) is 27.5. The molecule has 0 radical (unpaired) electrons. The highest BCUT2D eigenvalue weighted by Crippen LogP contribution is 2.38. The molecule has 118 valence electrons. The second-order valence-electron chi connectivity index (χ2n) is 4.66. The first-order chi connectivity index (χ1) is 9.84. The third-order valence-electron chi connectivity index (χ3n) is 3.01. The smallest absolute Gasteiger partial charge is 0.265 e. The molecule has 0 saturated heterocycles. The fraction of sp³-hybridized carbons (Fsp3) is 0.538. The van der Waals surface area contributed by atoms with Gasteiger partial charge in [0.25, 0.3) is 11.8 Å². The number of likely N-dealkylation sites (N-methyl/N-ethyl adjacent to an activating group) is 1. The van der Waals surface area contributed by atoms with Crippen LogP contribution in [0.15, 0.2) is 0 Å². The fourth-order valence-corrected chi connectivity index (χ4v) is 3.20. The molecule has 7 nitrogen and oxygen atoms in total. The van der Waals surface area contributed by atoms with E-state index in [9.17, 15) is 9.59 Å². The van der Waals surface area contributed by atoms with Crippen molar-refractivity contribution in [1.29, 1.82) is 0 Å². The van der Waals surface area contributed by atoms with Crippen LogP contribution in [0.4, 0.5) is 10.7 Å². The standard InChI is InChI=1S/C13H22N4O3S/c1-5-17(6-7-20-4)13-8(11(15)18)9(14)10(21-13)12(19)16(2)3/h5-7,14H2,1-4H3,(H2,15,18). The molecule has 0 atom stereocenters. The van der Waals surface area contributed by atoms with Crippen LogP contribution in [0.1, 0.15) is 27.0 Å². The zero-order valence-electron chi connectivity index (χ0n) is 12.8. The molecule has 0 spiro atoms. The van der Waals surface area contributed by atoms with Gasteiger partial charge in [0.2, 0.25) is 0 Å². The van der Waals surface area contributed by atoms with Gasteiger partial charge in [-0.3, -0.25) is 9.59 Å². The summed E-state index contributed by atoms with van der Waals surface area (Å²) >= 11 is 1.19. The van der Waals surface area contributed by atoms with Gasteiger partial charge in [0.15, 0.2) is 0 Å². The molecule has 21 heavy (non-hydrogen) atoms. The average molecular weight is 314 g/mol. The summed E-state index contributed by atoms with van der Waals surface area (Å²) < 4.78 is 5.06. The van der Waals surface area contributed by atoms with Crippen LogP contribution in [0.3, 0.4) is 0 Å². The Hall–Kier alpha value is -1.80. The summed E-state index contributed by atoms with van der Waals surface area (Å²) in [5.41, 5.74) is 11.8. The van der Waals surface area contributed by atoms with Crippen LogP contribution in [-0.4, -0.2) is 57.6 Å². The maximum absolute atomic E-state index is 12.1. The number of carbonyl (C=O) groups is 2. The Morgan fingerprint density at radius 3 is 2.38 bits per heavy atom. The normalized spacial score (nSPS) is 10.5. The Bertz CT molecular complexity index is 528. The number of amides is 2. The lowest BCUT2D eigenvalue weighted by molar-refractivity contribution is 0.0833. The van der Waals surface area contributed by atoms with Gasteiger partial charge in [-0.25, -0.2) is 0 Å². The minimum absolute atomic E-state index is 0.150. The van der Waals surface area contributed by atoms with E-state index in [0.717, 1.165) is 0 Å². The van der Waals surface area contributed by atoms with Gasteiger partial charge in [-0.15, -0.1) is 11.3 Å². The van der Waals surface area contributed by atoms with E-state index in [2.05, 4.69) is 0 Å². The maximum Gasteiger partial charge on any atom is 0.265 e. The van der Waals surface area contributed by atoms with Gasteiger partial charge in [0.05, 0.1) is 17.9 Å². The number of nitrogen functional groups attached to an aromatic ring is 1. The third-order valence-corrected chi connectivity index (χ3v) is 4.26. The van der Waals surface area contributed by atoms with Gasteiger partial charge < -0.3 is 26.0 Å². The fourth-order valence-electron chi connectivity index (χ4n) is 1.86. The van der Waals surface area contributed by atoms with Gasteiger partial charge in [-0.1, -0.05) is 0 Å². The van der Waals surface area contributed by atoms with Crippen LogP contribution in [0, 0.1) is 0 Å². The predicted octanol–water partition coefficient (Wildman–Crippen LogP) is 0.604. The molecular formula is C13H22N4O3S. The summed E-state index contributed by atoms with van der Waals surface area (Å²) in [5, 5.41) is 0.616. The second-order valence-corrected chi connectivity index (χ2v) is 5.66. The molecule has 4 N–H and O–H groups in total. The monoisotopic (exact) mass is 314 g/mol. The van der Waals surface area contributed by atoms with E-state index in [1.807, 2.05) is 11.8 Å². The summed E-state index contributed by atoms with van der Waals surface area (Å²) in [6.07, 6.45) is 0. The largest absolute Gasteiger partial charge is 0.397 e. The van der Waals surface area contributed by atoms with Crippen molar-refractivity contribution < 1.29 is 14.3 Å². The number of carbonyl (C=O) groups excluding carboxylic acids is 2. The number of ether oxygens (including phenoxy) is 1. The molecule has 0 fully saturated rings. The summed E-state index contributed by atoms with van der Waals surface area (Å²) in [6.45, 7) is 3.69. The highest BCUT2D eigenvalue weighted by molar-refractivity contribution is 7.19. The van der Waals surface area contributed by atoms with E-state index in [1.165, 1.54) is 16.2 Å². The van der Waals surface area contributed by atoms with Crippen molar-refractivity contribution >= 4 is 33.8 Å². The molecule has 0 aliphatic carbocycles. The molecule has 2 amide bonds. The molecule has 0 unspecified atom stereocenters. The van der Waals surface area contributed by atoms with Crippen LogP contribution in [0.5, 0.6) is 0 Å². The van der Waals surface area contributed by atoms with Crippen molar-refractivity contribution in [2.24, 2.45) is 5.73 Å². The van der Waals surface area contributed by atoms with E-state index in [4.69, 9.17) is 16.2 Å². The van der Waals surface area contributed by atoms with Crippen LogP contribution in [0.2, 0.25) is 0 Å². The minimum Gasteiger partial charge on any atom is -0.397 e. The minimum atomic E-state index is -0.632. The van der Waals surface area contributed by atoms with Gasteiger partial charge in [-0.2, -0.15) is 0 Å². The molecule has 0 bridgehead atoms. The summed E-state index contributed by atoms with van der Waals surface area (Å²) in [7, 11) is 4.87. The number of hydrogen-bond donors (Lipinski definition) is 2. The second kappa shape index (κ2) is 7.28. The molecule has 0 saturated carbocycles. The van der Waals surface area contributed by atoms with Gasteiger partial charge in [-0.05, 0) is 6.92 Å². The van der Waals surface area contributed by atoms with Crippen LogP contribution in [-0.2, 0) is 4.74 Å². The Morgan fingerprint density at radius 1 is 1.33 bits per heavy atom. The number of rotatable bonds is 7. The van der Waals surface area contributed by atoms with E-state index in [-0.39, 0.29) is 17.2 Å². The molecule has 1 aromatic rings. The van der Waals surface area contributed by atoms with Gasteiger partial charge in [0.1, 0.15) is 9.88 Å². The summed E-state index contributed by atoms with van der Waals surface area (Å²) in [6, 6.07) is 0. The van der Waals surface area contributed by atoms with Crippen LogP contribution < -0.4 is 16.4 Å². The lowest BCUT2D eigenvalue weighted by atomic mass is 10.2. The van der Waals surface area contributed by atoms with Crippen molar-refractivity contribution in [1.82, 2.24) is 4.90 Å². The van der Waals surface area contributed by atoms with Gasteiger partial charge in [0, 0.05) is 34.3 Å². The molecule has 1 rings (SSSR count). The number of anilines is 2. The first-order valence-electron chi connectivity index (χ1n) is 6.52. The van der Waals surface area contributed by atoms with Crippen molar-refractivity contribution in [3.63, 3.8) is 0 Å². The van der Waals surface area contributed by atoms with E-state index >= 15 is 0 Å². The molecule has 0 aromatic carbocycles. The van der Waals surface area contributed by atoms with Crippen molar-refractivity contribution in [3.05, 3.63) is 10.4 Å². The van der Waals surface area contributed by atoms with Gasteiger partial charge >= 0.3 is 0 Å². The summed E-state index contributed by atoms with van der Waals surface area (Å²) in [5.74, 6) is -0.874. The Morgan fingerprint density at radius 2 is 1.95 bits per heavy atom. The molecular weight excluding hydrogens is 292 g/mol. The van der Waals surface area contributed by atoms with Crippen molar-refractivity contribution in [2.75, 3.05) is 51.5 Å². The van der Waals surface area contributed by atoms with Crippen LogP contribution >= 0.6 is 11.3 Å². The number of primary amides is 1. The maximum atomic E-state index is 12.1. The number of nitrogens with two attached hydrogens (primary N) is 2. The SMILES string of the molecule is CCN(CCOC)c1sc(C(=O)N(C)C)c(N)c1C(N)=O. The molecule has 1 aromatic heterocycles. The Labute approximate surface area is 128 Å². The van der Waals surface area contributed by atoms with E-state index in [1.54, 1.807) is 21.2 Å². The first kappa shape index (κ1) is 17.3. The lowest BCUT2D eigenvalue weighted by Gasteiger charge is -2.21. The van der Waals surface area contributed by atoms with Crippen molar-refractivity contribution in [2.45, 2.75) is 6.92 Å². The van der Waals surface area contributed by atoms with E-state index < -0.39 is 5.91 Å². The zero-order valence-corrected chi connectivity index (χ0v) is 13.6. The Balaban J connectivity index is 3.33. The number of thiophene rings is 1. The topological polar surface area (TPSA) is 102 Å². The lowest BCUT2D eigenvalue weighted by Crippen LogP contribution is -2.28. The Kier molecular flexibility index (Phi) is 5.98.